The van der Waals surface area contributed by atoms with Crippen LogP contribution in [0.15, 0.2) is 41.7 Å². The monoisotopic (exact) mass is 341 g/mol. The fraction of sp³-hybridized carbons (Fsp3) is 0.500. The summed E-state index contributed by atoms with van der Waals surface area (Å²) in [5, 5.41) is 10.9. The molecule has 0 amide bonds. The molecule has 2 aromatic rings. The Balaban J connectivity index is 1.51. The number of hydrogen-bond acceptors (Lipinski definition) is 4. The molecule has 25 heavy (non-hydrogen) atoms. The number of aromatic nitrogens is 3. The molecule has 2 N–H and O–H groups in total. The highest BCUT2D eigenvalue weighted by Gasteiger charge is 2.29. The molecule has 2 heterocycles. The molecule has 0 radical (unpaired) electrons. The summed E-state index contributed by atoms with van der Waals surface area (Å²) < 4.78 is 1.76. The van der Waals surface area contributed by atoms with Gasteiger partial charge in [0, 0.05) is 39.3 Å². The first-order valence-corrected chi connectivity index (χ1v) is 8.73. The van der Waals surface area contributed by atoms with Gasteiger partial charge in [-0.05, 0) is 18.9 Å². The zero-order chi connectivity index (χ0) is 17.6. The molecule has 1 saturated heterocycles. The van der Waals surface area contributed by atoms with E-state index >= 15 is 0 Å². The molecule has 0 aliphatic carbocycles. The lowest BCUT2D eigenvalue weighted by atomic mass is 10.2. The van der Waals surface area contributed by atoms with Gasteiger partial charge in [0.25, 0.3) is 0 Å². The van der Waals surface area contributed by atoms with Gasteiger partial charge in [0.05, 0.1) is 6.54 Å². The summed E-state index contributed by atoms with van der Waals surface area (Å²) in [4.78, 5) is 11.1. The van der Waals surface area contributed by atoms with Crippen LogP contribution in [0.2, 0.25) is 0 Å². The molecule has 7 heteroatoms. The van der Waals surface area contributed by atoms with E-state index in [-0.39, 0.29) is 0 Å². The minimum absolute atomic E-state index is 0.393. The molecule has 1 aromatic carbocycles. The number of likely N-dealkylation sites (tertiary alicyclic amines) is 1. The Labute approximate surface area is 149 Å². The van der Waals surface area contributed by atoms with Crippen LogP contribution >= 0.6 is 0 Å². The third-order valence-corrected chi connectivity index (χ3v) is 4.72. The highest BCUT2D eigenvalue weighted by Crippen LogP contribution is 2.20. The fourth-order valence-electron chi connectivity index (χ4n) is 3.27. The van der Waals surface area contributed by atoms with Crippen LogP contribution in [0.3, 0.4) is 0 Å². The smallest absolute Gasteiger partial charge is 0.191 e. The van der Waals surface area contributed by atoms with Gasteiger partial charge in [-0.3, -0.25) is 14.6 Å². The Bertz CT molecular complexity index is 694. The summed E-state index contributed by atoms with van der Waals surface area (Å²) >= 11 is 0. The van der Waals surface area contributed by atoms with Crippen LogP contribution in [0.5, 0.6) is 0 Å². The van der Waals surface area contributed by atoms with E-state index < -0.39 is 0 Å². The van der Waals surface area contributed by atoms with Crippen LogP contribution in [0, 0.1) is 0 Å². The van der Waals surface area contributed by atoms with Crippen molar-refractivity contribution in [3.8, 4) is 0 Å². The van der Waals surface area contributed by atoms with Crippen molar-refractivity contribution in [2.24, 2.45) is 12.0 Å². The van der Waals surface area contributed by atoms with Crippen LogP contribution in [0.25, 0.3) is 0 Å². The summed E-state index contributed by atoms with van der Waals surface area (Å²) in [6.45, 7) is 4.90. The Kier molecular flexibility index (Phi) is 5.65. The minimum Gasteiger partial charge on any atom is -0.352 e. The molecular formula is C18H27N7. The number of aryl methyl sites for hydroxylation is 1. The van der Waals surface area contributed by atoms with Gasteiger partial charge in [0.2, 0.25) is 0 Å². The first-order valence-electron chi connectivity index (χ1n) is 8.73. The summed E-state index contributed by atoms with van der Waals surface area (Å²) in [6, 6.07) is 11.6. The van der Waals surface area contributed by atoms with E-state index in [1.807, 2.05) is 7.05 Å². The van der Waals surface area contributed by atoms with Gasteiger partial charge in [-0.2, -0.15) is 5.10 Å². The van der Waals surface area contributed by atoms with Gasteiger partial charge >= 0.3 is 0 Å². The molecule has 7 nitrogen and oxygen atoms in total. The number of nitrogens with one attached hydrogen (secondary N) is 2. The van der Waals surface area contributed by atoms with Crippen molar-refractivity contribution in [2.45, 2.75) is 38.5 Å². The predicted molar refractivity (Wildman–Crippen MR) is 99.1 cm³/mol. The molecule has 0 saturated carbocycles. The first-order chi connectivity index (χ1) is 12.2. The molecule has 0 spiro atoms. The zero-order valence-electron chi connectivity index (χ0n) is 15.2. The van der Waals surface area contributed by atoms with Crippen LogP contribution in [0.1, 0.15) is 24.7 Å². The second-order valence-electron chi connectivity index (χ2n) is 6.57. The van der Waals surface area contributed by atoms with E-state index in [1.54, 1.807) is 18.1 Å². The second kappa shape index (κ2) is 8.11. The molecule has 134 valence electrons. The lowest BCUT2D eigenvalue weighted by molar-refractivity contribution is 0.258. The average molecular weight is 341 g/mol. The van der Waals surface area contributed by atoms with Crippen molar-refractivity contribution in [3.05, 3.63) is 48.0 Å². The van der Waals surface area contributed by atoms with Gasteiger partial charge in [-0.15, -0.1) is 0 Å². The number of guanidine groups is 1. The quantitative estimate of drug-likeness (QED) is 0.630. The summed E-state index contributed by atoms with van der Waals surface area (Å²) in [6.07, 6.45) is 2.67. The molecule has 2 unspecified atom stereocenters. The van der Waals surface area contributed by atoms with E-state index in [9.17, 15) is 0 Å². The SMILES string of the molecule is CN=C(NCc1ncnn1C)NC1CC(C)N(Cc2ccccc2)C1. The Morgan fingerprint density at radius 1 is 1.32 bits per heavy atom. The highest BCUT2D eigenvalue weighted by atomic mass is 15.3. The molecular weight excluding hydrogens is 314 g/mol. The predicted octanol–water partition coefficient (Wildman–Crippen LogP) is 1.14. The standard InChI is InChI=1S/C18H27N7/c1-14-9-16(12-25(14)11-15-7-5-4-6-8-15)23-18(19-2)20-10-17-21-13-22-24(17)3/h4-8,13-14,16H,9-12H2,1-3H3,(H2,19,20,23). The van der Waals surface area contributed by atoms with Crippen LogP contribution in [-0.2, 0) is 20.1 Å². The van der Waals surface area contributed by atoms with E-state index in [4.69, 9.17) is 0 Å². The van der Waals surface area contributed by atoms with Crippen LogP contribution in [-0.4, -0.2) is 51.3 Å². The molecule has 0 bridgehead atoms. The molecule has 1 fully saturated rings. The van der Waals surface area contributed by atoms with Gasteiger partial charge in [0.15, 0.2) is 5.96 Å². The lowest BCUT2D eigenvalue weighted by Crippen LogP contribution is -2.44. The van der Waals surface area contributed by atoms with E-state index in [1.165, 1.54) is 5.56 Å². The van der Waals surface area contributed by atoms with Crippen molar-refractivity contribution >= 4 is 5.96 Å². The number of nitrogens with zero attached hydrogens (tertiary/aromatic N) is 5. The topological polar surface area (TPSA) is 70.4 Å². The highest BCUT2D eigenvalue weighted by molar-refractivity contribution is 5.79. The maximum atomic E-state index is 4.33. The largest absolute Gasteiger partial charge is 0.352 e. The van der Waals surface area contributed by atoms with Crippen LogP contribution < -0.4 is 10.6 Å². The summed E-state index contributed by atoms with van der Waals surface area (Å²) in [5.41, 5.74) is 1.36. The molecule has 3 rings (SSSR count). The maximum absolute atomic E-state index is 4.33. The van der Waals surface area contributed by atoms with Crippen molar-refractivity contribution in [1.29, 1.82) is 0 Å². The van der Waals surface area contributed by atoms with E-state index in [0.29, 0.717) is 18.6 Å². The molecule has 1 aliphatic heterocycles. The van der Waals surface area contributed by atoms with Crippen molar-refractivity contribution in [3.63, 3.8) is 0 Å². The average Bonchev–Trinajstić information content (AvgIpc) is 3.18. The Morgan fingerprint density at radius 2 is 2.12 bits per heavy atom. The van der Waals surface area contributed by atoms with Crippen LogP contribution in [0.4, 0.5) is 0 Å². The van der Waals surface area contributed by atoms with Crippen molar-refractivity contribution in [1.82, 2.24) is 30.3 Å². The van der Waals surface area contributed by atoms with Gasteiger partial charge in [-0.1, -0.05) is 30.3 Å². The summed E-state index contributed by atoms with van der Waals surface area (Å²) in [7, 11) is 3.69. The second-order valence-corrected chi connectivity index (χ2v) is 6.57. The van der Waals surface area contributed by atoms with Crippen molar-refractivity contribution < 1.29 is 0 Å². The molecule has 1 aromatic heterocycles. The number of hydrogen-bond donors (Lipinski definition) is 2. The third kappa shape index (κ3) is 4.57. The zero-order valence-corrected chi connectivity index (χ0v) is 15.2. The number of benzene rings is 1. The number of aliphatic imine (C=N–C) groups is 1. The lowest BCUT2D eigenvalue weighted by Gasteiger charge is -2.21. The maximum Gasteiger partial charge on any atom is 0.191 e. The fourth-order valence-corrected chi connectivity index (χ4v) is 3.27. The van der Waals surface area contributed by atoms with Gasteiger partial charge < -0.3 is 10.6 Å². The minimum atomic E-state index is 0.393. The van der Waals surface area contributed by atoms with Gasteiger partial charge in [0.1, 0.15) is 12.2 Å². The Hall–Kier alpha value is -2.41. The van der Waals surface area contributed by atoms with E-state index in [0.717, 1.165) is 31.3 Å². The first kappa shape index (κ1) is 17.4. The molecule has 1 aliphatic rings. The normalized spacial score (nSPS) is 21.5. The molecule has 2 atom stereocenters. The third-order valence-electron chi connectivity index (χ3n) is 4.72. The van der Waals surface area contributed by atoms with Crippen molar-refractivity contribution in [2.75, 3.05) is 13.6 Å². The van der Waals surface area contributed by atoms with E-state index in [2.05, 4.69) is 67.9 Å². The van der Waals surface area contributed by atoms with Gasteiger partial charge in [-0.25, -0.2) is 4.98 Å². The Morgan fingerprint density at radius 3 is 2.80 bits per heavy atom. The summed E-state index contributed by atoms with van der Waals surface area (Å²) in [5.74, 6) is 1.69. The number of rotatable bonds is 5.